The van der Waals surface area contributed by atoms with Crippen LogP contribution in [-0.2, 0) is 0 Å². The molecule has 1 amide bonds. The van der Waals surface area contributed by atoms with E-state index >= 15 is 0 Å². The molecule has 0 fully saturated rings. The van der Waals surface area contributed by atoms with Gasteiger partial charge in [0.1, 0.15) is 24.3 Å². The second-order valence-electron chi connectivity index (χ2n) is 3.48. The monoisotopic (exact) mass is 248 g/mol. The van der Waals surface area contributed by atoms with Crippen molar-refractivity contribution in [3.05, 3.63) is 36.9 Å². The van der Waals surface area contributed by atoms with Gasteiger partial charge in [-0.05, 0) is 24.3 Å². The fraction of sp³-hybridized carbons (Fsp3) is 0.167. The minimum absolute atomic E-state index is 0.250. The molecule has 2 aromatic rings. The number of carbonyl (C=O) groups is 1. The van der Waals surface area contributed by atoms with E-state index in [1.165, 1.54) is 6.39 Å². The molecule has 0 atom stereocenters. The average Bonchev–Trinajstić information content (AvgIpc) is 2.89. The Hall–Kier alpha value is -2.50. The smallest absolute Gasteiger partial charge is 0.404 e. The van der Waals surface area contributed by atoms with Gasteiger partial charge in [-0.3, -0.25) is 0 Å². The summed E-state index contributed by atoms with van der Waals surface area (Å²) in [4.78, 5) is 14.2. The van der Waals surface area contributed by atoms with Gasteiger partial charge >= 0.3 is 6.09 Å². The highest BCUT2D eigenvalue weighted by atomic mass is 16.5. The van der Waals surface area contributed by atoms with Crippen molar-refractivity contribution in [2.45, 2.75) is 0 Å². The van der Waals surface area contributed by atoms with E-state index < -0.39 is 6.09 Å². The van der Waals surface area contributed by atoms with Crippen LogP contribution in [0.25, 0.3) is 11.3 Å². The normalized spacial score (nSPS) is 10.0. The van der Waals surface area contributed by atoms with Gasteiger partial charge in [-0.1, -0.05) is 0 Å². The highest BCUT2D eigenvalue weighted by Gasteiger charge is 2.01. The zero-order valence-corrected chi connectivity index (χ0v) is 9.50. The summed E-state index contributed by atoms with van der Waals surface area (Å²) in [6.45, 7) is 0.538. The van der Waals surface area contributed by atoms with Crippen LogP contribution in [0, 0.1) is 0 Å². The topological polar surface area (TPSA) is 84.6 Å². The number of hydrogen-bond donors (Lipinski definition) is 2. The first-order valence-electron chi connectivity index (χ1n) is 5.34. The van der Waals surface area contributed by atoms with Crippen LogP contribution in [0.15, 0.2) is 41.3 Å². The molecule has 0 saturated carbocycles. The number of rotatable bonds is 5. The molecule has 0 unspecified atom stereocenters. The van der Waals surface area contributed by atoms with Crippen LogP contribution in [0.4, 0.5) is 4.79 Å². The second kappa shape index (κ2) is 5.72. The molecule has 0 saturated heterocycles. The van der Waals surface area contributed by atoms with Gasteiger partial charge in [0.25, 0.3) is 0 Å². The number of hydrogen-bond acceptors (Lipinski definition) is 4. The van der Waals surface area contributed by atoms with Crippen molar-refractivity contribution in [3.8, 4) is 17.0 Å². The fourth-order valence-corrected chi connectivity index (χ4v) is 1.40. The summed E-state index contributed by atoms with van der Waals surface area (Å²) >= 11 is 0. The molecule has 1 aromatic carbocycles. The van der Waals surface area contributed by atoms with E-state index in [1.807, 2.05) is 12.1 Å². The third kappa shape index (κ3) is 3.24. The van der Waals surface area contributed by atoms with Crippen LogP contribution >= 0.6 is 0 Å². The lowest BCUT2D eigenvalue weighted by Gasteiger charge is -2.06. The number of nitrogens with one attached hydrogen (secondary N) is 1. The molecule has 6 nitrogen and oxygen atoms in total. The lowest BCUT2D eigenvalue weighted by molar-refractivity contribution is 0.191. The lowest BCUT2D eigenvalue weighted by Crippen LogP contribution is -2.26. The van der Waals surface area contributed by atoms with Gasteiger partial charge in [-0.2, -0.15) is 0 Å². The van der Waals surface area contributed by atoms with Crippen molar-refractivity contribution in [2.75, 3.05) is 13.2 Å². The van der Waals surface area contributed by atoms with E-state index in [1.54, 1.807) is 18.4 Å². The predicted molar refractivity (Wildman–Crippen MR) is 63.5 cm³/mol. The van der Waals surface area contributed by atoms with E-state index in [-0.39, 0.29) is 13.2 Å². The summed E-state index contributed by atoms with van der Waals surface area (Å²) in [5, 5.41) is 10.6. The molecule has 2 rings (SSSR count). The second-order valence-corrected chi connectivity index (χ2v) is 3.48. The Morgan fingerprint density at radius 2 is 2.17 bits per heavy atom. The van der Waals surface area contributed by atoms with E-state index in [0.717, 1.165) is 11.3 Å². The minimum Gasteiger partial charge on any atom is -0.492 e. The van der Waals surface area contributed by atoms with Crippen LogP contribution in [0.2, 0.25) is 0 Å². The number of aromatic nitrogens is 1. The van der Waals surface area contributed by atoms with Crippen LogP contribution in [0.5, 0.6) is 5.75 Å². The molecule has 94 valence electrons. The number of ether oxygens (including phenoxy) is 1. The largest absolute Gasteiger partial charge is 0.492 e. The Balaban J connectivity index is 1.86. The van der Waals surface area contributed by atoms with Gasteiger partial charge < -0.3 is 19.6 Å². The zero-order chi connectivity index (χ0) is 12.8. The molecule has 0 aliphatic rings. The molecule has 0 radical (unpaired) electrons. The summed E-state index contributed by atoms with van der Waals surface area (Å²) in [5.41, 5.74) is 1.69. The van der Waals surface area contributed by atoms with Crippen LogP contribution in [-0.4, -0.2) is 29.3 Å². The van der Waals surface area contributed by atoms with Crippen molar-refractivity contribution in [3.63, 3.8) is 0 Å². The molecule has 1 aromatic heterocycles. The molecule has 2 N–H and O–H groups in total. The molecule has 0 spiro atoms. The van der Waals surface area contributed by atoms with Crippen molar-refractivity contribution < 1.29 is 19.1 Å². The highest BCUT2D eigenvalue weighted by Crippen LogP contribution is 2.20. The predicted octanol–water partition coefficient (Wildman–Crippen LogP) is 1.99. The van der Waals surface area contributed by atoms with Gasteiger partial charge in [0.15, 0.2) is 6.39 Å². The van der Waals surface area contributed by atoms with E-state index in [2.05, 4.69) is 10.3 Å². The van der Waals surface area contributed by atoms with E-state index in [0.29, 0.717) is 5.75 Å². The Kier molecular flexibility index (Phi) is 3.80. The summed E-state index contributed by atoms with van der Waals surface area (Å²) in [5.74, 6) is 0.675. The Bertz CT molecular complexity index is 493. The van der Waals surface area contributed by atoms with E-state index in [4.69, 9.17) is 14.3 Å². The summed E-state index contributed by atoms with van der Waals surface area (Å²) in [6, 6.07) is 7.31. The van der Waals surface area contributed by atoms with Crippen molar-refractivity contribution >= 4 is 6.09 Å². The van der Waals surface area contributed by atoms with Crippen molar-refractivity contribution in [1.29, 1.82) is 0 Å². The fourth-order valence-electron chi connectivity index (χ4n) is 1.40. The summed E-state index contributed by atoms with van der Waals surface area (Å²) in [6.07, 6.45) is 1.88. The van der Waals surface area contributed by atoms with Crippen molar-refractivity contribution in [2.24, 2.45) is 0 Å². The minimum atomic E-state index is -1.06. The molecule has 6 heteroatoms. The summed E-state index contributed by atoms with van der Waals surface area (Å²) in [7, 11) is 0. The van der Waals surface area contributed by atoms with Gasteiger partial charge in [0.05, 0.1) is 6.54 Å². The molecular formula is C12H12N2O4. The first-order valence-corrected chi connectivity index (χ1v) is 5.34. The maximum Gasteiger partial charge on any atom is 0.404 e. The molecule has 0 aliphatic carbocycles. The van der Waals surface area contributed by atoms with Gasteiger partial charge in [-0.25, -0.2) is 9.78 Å². The van der Waals surface area contributed by atoms with Gasteiger partial charge in [-0.15, -0.1) is 0 Å². The highest BCUT2D eigenvalue weighted by molar-refractivity contribution is 5.64. The quantitative estimate of drug-likeness (QED) is 0.790. The first kappa shape index (κ1) is 12.0. The Labute approximate surface area is 103 Å². The number of carboxylic acid groups (broad SMARTS) is 1. The zero-order valence-electron chi connectivity index (χ0n) is 9.50. The maximum atomic E-state index is 10.2. The number of nitrogens with zero attached hydrogens (tertiary/aromatic N) is 1. The lowest BCUT2D eigenvalue weighted by atomic mass is 10.2. The molecular weight excluding hydrogens is 236 g/mol. The third-order valence-electron chi connectivity index (χ3n) is 2.23. The van der Waals surface area contributed by atoms with E-state index in [9.17, 15) is 4.79 Å². The van der Waals surface area contributed by atoms with Crippen LogP contribution < -0.4 is 10.1 Å². The third-order valence-corrected chi connectivity index (χ3v) is 2.23. The van der Waals surface area contributed by atoms with Crippen molar-refractivity contribution in [1.82, 2.24) is 10.3 Å². The molecule has 18 heavy (non-hydrogen) atoms. The van der Waals surface area contributed by atoms with Crippen LogP contribution in [0.1, 0.15) is 0 Å². The SMILES string of the molecule is O=C(O)NCCOc1ccc(-c2cocn2)cc1. The molecule has 0 aliphatic heterocycles. The number of benzene rings is 1. The average molecular weight is 248 g/mol. The van der Waals surface area contributed by atoms with Crippen LogP contribution in [0.3, 0.4) is 0 Å². The summed E-state index contributed by atoms with van der Waals surface area (Å²) < 4.78 is 10.3. The Morgan fingerprint density at radius 1 is 1.39 bits per heavy atom. The first-order chi connectivity index (χ1) is 8.75. The maximum absolute atomic E-state index is 10.2. The Morgan fingerprint density at radius 3 is 2.78 bits per heavy atom. The van der Waals surface area contributed by atoms with Gasteiger partial charge in [0.2, 0.25) is 0 Å². The number of amides is 1. The molecule has 0 bridgehead atoms. The van der Waals surface area contributed by atoms with Gasteiger partial charge in [0, 0.05) is 5.56 Å². The number of oxazole rings is 1. The standard InChI is InChI=1S/C12H12N2O4/c15-12(16)13-5-6-18-10-3-1-9(2-4-10)11-7-17-8-14-11/h1-4,7-8,13H,5-6H2,(H,15,16). The molecule has 1 heterocycles.